The van der Waals surface area contributed by atoms with Crippen LogP contribution in [0.25, 0.3) is 0 Å². The van der Waals surface area contributed by atoms with Gasteiger partial charge in [0.05, 0.1) is 11.6 Å². The van der Waals surface area contributed by atoms with Crippen molar-refractivity contribution >= 4 is 28.2 Å². The summed E-state index contributed by atoms with van der Waals surface area (Å²) < 4.78 is 14.5. The van der Waals surface area contributed by atoms with Gasteiger partial charge in [0.2, 0.25) is 5.13 Å². The maximum Gasteiger partial charge on any atom is 0.206 e. The van der Waals surface area contributed by atoms with Crippen LogP contribution in [0.15, 0.2) is 52.9 Å². The maximum absolute atomic E-state index is 13.8. The second-order valence-electron chi connectivity index (χ2n) is 4.92. The number of nitrogens with one attached hydrogen (secondary N) is 1. The first-order valence-corrected chi connectivity index (χ1v) is 8.97. The minimum absolute atomic E-state index is 0.312. The number of rotatable bonds is 6. The lowest BCUT2D eigenvalue weighted by atomic mass is 10.1. The van der Waals surface area contributed by atoms with Gasteiger partial charge >= 0.3 is 0 Å². The number of hydrogen-bond acceptors (Lipinski definition) is 6. The van der Waals surface area contributed by atoms with Crippen molar-refractivity contribution in [3.8, 4) is 6.07 Å². The number of halogens is 1. The largest absolute Gasteiger partial charge is 0.356 e. The van der Waals surface area contributed by atoms with Gasteiger partial charge < -0.3 is 5.32 Å². The van der Waals surface area contributed by atoms with E-state index in [9.17, 15) is 4.39 Å². The minimum atomic E-state index is -0.312. The van der Waals surface area contributed by atoms with E-state index in [2.05, 4.69) is 15.5 Å². The summed E-state index contributed by atoms with van der Waals surface area (Å²) in [5.74, 6) is 0.0998. The molecule has 3 aromatic rings. The molecular formula is C17H13FN4S2. The van der Waals surface area contributed by atoms with Crippen LogP contribution in [-0.2, 0) is 12.3 Å². The van der Waals surface area contributed by atoms with E-state index in [-0.39, 0.29) is 5.82 Å². The summed E-state index contributed by atoms with van der Waals surface area (Å²) in [5, 5.41) is 21.0. The summed E-state index contributed by atoms with van der Waals surface area (Å²) in [6.07, 6.45) is 0. The molecule has 4 nitrogen and oxygen atoms in total. The standard InChI is InChI=1S/C17H13FN4S2/c18-15-7-6-13(9-19)8-14(15)11-23-17-22-21-16(24-17)20-10-12-4-2-1-3-5-12/h1-8H,10-11H2,(H,20,21). The highest BCUT2D eigenvalue weighted by Gasteiger charge is 2.08. The molecule has 0 radical (unpaired) electrons. The zero-order chi connectivity index (χ0) is 16.8. The Balaban J connectivity index is 1.57. The van der Waals surface area contributed by atoms with Crippen LogP contribution in [0.5, 0.6) is 0 Å². The number of nitrogens with zero attached hydrogens (tertiary/aromatic N) is 3. The average molecular weight is 356 g/mol. The normalized spacial score (nSPS) is 10.3. The Bertz CT molecular complexity index is 859. The number of benzene rings is 2. The molecule has 24 heavy (non-hydrogen) atoms. The van der Waals surface area contributed by atoms with E-state index < -0.39 is 0 Å². The number of aromatic nitrogens is 2. The molecule has 0 aliphatic rings. The van der Waals surface area contributed by atoms with Crippen LogP contribution >= 0.6 is 23.1 Å². The lowest BCUT2D eigenvalue weighted by Gasteiger charge is -2.02. The van der Waals surface area contributed by atoms with Gasteiger partial charge in [0.25, 0.3) is 0 Å². The van der Waals surface area contributed by atoms with Gasteiger partial charge in [0.15, 0.2) is 4.34 Å². The molecular weight excluding hydrogens is 343 g/mol. The summed E-state index contributed by atoms with van der Waals surface area (Å²) in [6, 6.07) is 16.4. The molecule has 0 aliphatic heterocycles. The molecule has 0 atom stereocenters. The van der Waals surface area contributed by atoms with Gasteiger partial charge in [0.1, 0.15) is 5.82 Å². The highest BCUT2D eigenvalue weighted by Crippen LogP contribution is 2.29. The van der Waals surface area contributed by atoms with Crippen LogP contribution < -0.4 is 5.32 Å². The van der Waals surface area contributed by atoms with Crippen LogP contribution in [0, 0.1) is 17.1 Å². The molecule has 0 fully saturated rings. The fourth-order valence-corrected chi connectivity index (χ4v) is 3.73. The molecule has 1 heterocycles. The molecule has 0 amide bonds. The molecule has 1 N–H and O–H groups in total. The Hall–Kier alpha value is -2.43. The molecule has 7 heteroatoms. The van der Waals surface area contributed by atoms with Crippen LogP contribution in [0.4, 0.5) is 9.52 Å². The maximum atomic E-state index is 13.8. The van der Waals surface area contributed by atoms with E-state index in [1.807, 2.05) is 36.4 Å². The van der Waals surface area contributed by atoms with E-state index >= 15 is 0 Å². The first-order chi connectivity index (χ1) is 11.7. The SMILES string of the molecule is N#Cc1ccc(F)c(CSc2nnc(NCc3ccccc3)s2)c1. The lowest BCUT2D eigenvalue weighted by molar-refractivity contribution is 0.617. The molecule has 2 aromatic carbocycles. The van der Waals surface area contributed by atoms with Gasteiger partial charge in [-0.3, -0.25) is 0 Å². The van der Waals surface area contributed by atoms with Crippen molar-refractivity contribution < 1.29 is 4.39 Å². The summed E-state index contributed by atoms with van der Waals surface area (Å²) in [6.45, 7) is 0.680. The van der Waals surface area contributed by atoms with Crippen molar-refractivity contribution in [2.45, 2.75) is 16.6 Å². The molecule has 120 valence electrons. The van der Waals surface area contributed by atoms with E-state index in [0.717, 1.165) is 15.0 Å². The zero-order valence-electron chi connectivity index (χ0n) is 12.6. The van der Waals surface area contributed by atoms with E-state index in [1.165, 1.54) is 35.2 Å². The third-order valence-electron chi connectivity index (χ3n) is 3.22. The fourth-order valence-electron chi connectivity index (χ4n) is 2.01. The fraction of sp³-hybridized carbons (Fsp3) is 0.118. The number of thioether (sulfide) groups is 1. The minimum Gasteiger partial charge on any atom is -0.356 e. The monoisotopic (exact) mass is 356 g/mol. The first kappa shape index (κ1) is 16.4. The summed E-state index contributed by atoms with van der Waals surface area (Å²) in [5.41, 5.74) is 2.11. The van der Waals surface area contributed by atoms with Crippen molar-refractivity contribution in [3.05, 3.63) is 71.0 Å². The van der Waals surface area contributed by atoms with Gasteiger partial charge in [-0.2, -0.15) is 5.26 Å². The summed E-state index contributed by atoms with van der Waals surface area (Å²) in [7, 11) is 0. The molecule has 0 saturated heterocycles. The predicted octanol–water partition coefficient (Wildman–Crippen LogP) is 4.45. The van der Waals surface area contributed by atoms with Gasteiger partial charge in [-0.15, -0.1) is 10.2 Å². The summed E-state index contributed by atoms with van der Waals surface area (Å²) >= 11 is 2.83. The zero-order valence-corrected chi connectivity index (χ0v) is 14.2. The Kier molecular flexibility index (Phi) is 5.41. The van der Waals surface area contributed by atoms with E-state index in [0.29, 0.717) is 23.4 Å². The van der Waals surface area contributed by atoms with E-state index in [4.69, 9.17) is 5.26 Å². The summed E-state index contributed by atoms with van der Waals surface area (Å²) in [4.78, 5) is 0. The van der Waals surface area contributed by atoms with Crippen LogP contribution in [0.1, 0.15) is 16.7 Å². The van der Waals surface area contributed by atoms with E-state index in [1.54, 1.807) is 6.07 Å². The molecule has 1 aromatic heterocycles. The Labute approximate surface area is 147 Å². The Morgan fingerprint density at radius 2 is 2.00 bits per heavy atom. The topological polar surface area (TPSA) is 61.6 Å². The van der Waals surface area contributed by atoms with Crippen LogP contribution in [0.3, 0.4) is 0 Å². The quantitative estimate of drug-likeness (QED) is 0.661. The molecule has 0 aliphatic carbocycles. The van der Waals surface area contributed by atoms with Crippen molar-refractivity contribution in [2.24, 2.45) is 0 Å². The van der Waals surface area contributed by atoms with Crippen molar-refractivity contribution in [3.63, 3.8) is 0 Å². The van der Waals surface area contributed by atoms with Crippen molar-refractivity contribution in [1.82, 2.24) is 10.2 Å². The first-order valence-electron chi connectivity index (χ1n) is 7.17. The predicted molar refractivity (Wildman–Crippen MR) is 94.4 cm³/mol. The second kappa shape index (κ2) is 7.90. The number of nitriles is 1. The highest BCUT2D eigenvalue weighted by atomic mass is 32.2. The smallest absolute Gasteiger partial charge is 0.206 e. The Morgan fingerprint density at radius 1 is 1.17 bits per heavy atom. The average Bonchev–Trinajstić information content (AvgIpc) is 3.08. The molecule has 0 spiro atoms. The van der Waals surface area contributed by atoms with Crippen LogP contribution in [-0.4, -0.2) is 10.2 Å². The highest BCUT2D eigenvalue weighted by molar-refractivity contribution is 8.00. The second-order valence-corrected chi connectivity index (χ2v) is 7.12. The van der Waals surface area contributed by atoms with Gasteiger partial charge in [-0.25, -0.2) is 4.39 Å². The van der Waals surface area contributed by atoms with Crippen molar-refractivity contribution in [1.29, 1.82) is 5.26 Å². The molecule has 3 rings (SSSR count). The Morgan fingerprint density at radius 3 is 2.79 bits per heavy atom. The van der Waals surface area contributed by atoms with Gasteiger partial charge in [0, 0.05) is 12.3 Å². The third kappa shape index (κ3) is 4.31. The molecule has 0 saturated carbocycles. The molecule has 0 bridgehead atoms. The van der Waals surface area contributed by atoms with Crippen LogP contribution in [0.2, 0.25) is 0 Å². The van der Waals surface area contributed by atoms with Crippen molar-refractivity contribution in [2.75, 3.05) is 5.32 Å². The van der Waals surface area contributed by atoms with Gasteiger partial charge in [-0.1, -0.05) is 53.4 Å². The number of anilines is 1. The van der Waals surface area contributed by atoms with Gasteiger partial charge in [-0.05, 0) is 29.3 Å². The molecule has 0 unspecified atom stereocenters. The third-order valence-corrected chi connectivity index (χ3v) is 5.28. The lowest BCUT2D eigenvalue weighted by Crippen LogP contribution is -1.98. The number of hydrogen-bond donors (Lipinski definition) is 1.